The maximum absolute atomic E-state index is 11.1. The van der Waals surface area contributed by atoms with Gasteiger partial charge in [-0.05, 0) is 19.1 Å². The smallest absolute Gasteiger partial charge is 0.296 e. The largest absolute Gasteiger partial charge is 0.351 e. The molecule has 4 heteroatoms. The van der Waals surface area contributed by atoms with Crippen molar-refractivity contribution in [3.8, 4) is 0 Å². The second kappa shape index (κ2) is 5.48. The Hall–Kier alpha value is -1.84. The highest BCUT2D eigenvalue weighted by molar-refractivity contribution is 5.93. The van der Waals surface area contributed by atoms with Crippen molar-refractivity contribution in [3.63, 3.8) is 0 Å². The normalized spacial score (nSPS) is 15.2. The quantitative estimate of drug-likeness (QED) is 0.798. The average molecular weight is 236 g/mol. The van der Waals surface area contributed by atoms with Crippen molar-refractivity contribution in [1.29, 1.82) is 0 Å². The highest BCUT2D eigenvalue weighted by atomic mass is 16.1. The van der Waals surface area contributed by atoms with Crippen LogP contribution >= 0.6 is 0 Å². The number of carbonyl (C=O) groups is 1. The summed E-state index contributed by atoms with van der Waals surface area (Å²) in [6.45, 7) is 3.62. The molecule has 0 spiro atoms. The molecule has 2 N–H and O–H groups in total. The van der Waals surface area contributed by atoms with E-state index in [4.69, 9.17) is 7.10 Å². The van der Waals surface area contributed by atoms with E-state index in [0.29, 0.717) is 12.5 Å². The molecule has 0 saturated heterocycles. The van der Waals surface area contributed by atoms with E-state index in [1.807, 2.05) is 39.8 Å². The first kappa shape index (κ1) is 11.6. The van der Waals surface area contributed by atoms with E-state index in [0.717, 1.165) is 18.8 Å². The van der Waals surface area contributed by atoms with E-state index in [1.165, 1.54) is 7.40 Å². The first-order valence-corrected chi connectivity index (χ1v) is 5.38. The monoisotopic (exact) mass is 236 g/mol. The molecule has 0 saturated carbocycles. The summed E-state index contributed by atoms with van der Waals surface area (Å²) < 4.78 is 7.66. The highest BCUT2D eigenvalue weighted by Gasteiger charge is 2.28. The van der Waals surface area contributed by atoms with E-state index in [-0.39, 0.29) is 5.78 Å². The number of nitrogens with zero attached hydrogens (tertiary/aromatic N) is 2. The molecule has 1 aromatic carbocycles. The van der Waals surface area contributed by atoms with Crippen LogP contribution in [0.1, 0.15) is 15.7 Å². The SMILES string of the molecule is CC(=O)C[N+]1=C(N)N(c2ccccc2)CC1.[3H]C. The van der Waals surface area contributed by atoms with Gasteiger partial charge in [0.05, 0.1) is 6.54 Å². The number of para-hydroxylation sites is 1. The predicted molar refractivity (Wildman–Crippen MR) is 70.4 cm³/mol. The fourth-order valence-corrected chi connectivity index (χ4v) is 1.92. The van der Waals surface area contributed by atoms with E-state index in [1.54, 1.807) is 6.92 Å². The van der Waals surface area contributed by atoms with Crippen LogP contribution in [0.25, 0.3) is 0 Å². The molecule has 92 valence electrons. The molecule has 1 aromatic rings. The van der Waals surface area contributed by atoms with Gasteiger partial charge in [0.2, 0.25) is 0 Å². The van der Waals surface area contributed by atoms with E-state index in [2.05, 4.69) is 0 Å². The van der Waals surface area contributed by atoms with Gasteiger partial charge in [-0.1, -0.05) is 25.6 Å². The topological polar surface area (TPSA) is 49.3 Å². The first-order valence-electron chi connectivity index (χ1n) is 6.38. The third kappa shape index (κ3) is 2.84. The molecule has 1 aliphatic heterocycles. The predicted octanol–water partition coefficient (Wildman–Crippen LogP) is 1.06. The summed E-state index contributed by atoms with van der Waals surface area (Å²) in [5.74, 6) is 0.805. The molecule has 0 atom stereocenters. The van der Waals surface area contributed by atoms with Crippen LogP contribution in [-0.4, -0.2) is 36.0 Å². The van der Waals surface area contributed by atoms with Crippen LogP contribution in [-0.2, 0) is 4.79 Å². The number of hydrogen-bond donors (Lipinski definition) is 1. The summed E-state index contributed by atoms with van der Waals surface area (Å²) in [6.07, 6.45) is 0. The maximum Gasteiger partial charge on any atom is 0.351 e. The van der Waals surface area contributed by atoms with Crippen LogP contribution in [0.4, 0.5) is 5.69 Å². The molecular formula is C13H20N3O+. The lowest BCUT2D eigenvalue weighted by Crippen LogP contribution is -2.37. The van der Waals surface area contributed by atoms with E-state index >= 15 is 0 Å². The Balaban J connectivity index is 0.000000771. The molecule has 1 heterocycles. The minimum Gasteiger partial charge on any atom is -0.296 e. The van der Waals surface area contributed by atoms with E-state index in [9.17, 15) is 4.79 Å². The van der Waals surface area contributed by atoms with Crippen molar-refractivity contribution in [2.75, 3.05) is 24.5 Å². The lowest BCUT2D eigenvalue weighted by molar-refractivity contribution is -0.506. The number of nitrogens with two attached hydrogens (primary N) is 1. The molecule has 0 radical (unpaired) electrons. The number of benzene rings is 1. The molecule has 4 nitrogen and oxygen atoms in total. The zero-order valence-electron chi connectivity index (χ0n) is 11.4. The summed E-state index contributed by atoms with van der Waals surface area (Å²) in [7, 11) is 1.25. The Morgan fingerprint density at radius 3 is 2.76 bits per heavy atom. The number of Topliss-reactive ketones (excluding diaryl/α,β-unsaturated/α-hetero) is 1. The fraction of sp³-hybridized carbons (Fsp3) is 0.385. The number of carbonyl (C=O) groups excluding carboxylic acids is 1. The van der Waals surface area contributed by atoms with Gasteiger partial charge in [0.1, 0.15) is 18.8 Å². The van der Waals surface area contributed by atoms with Crippen molar-refractivity contribution < 1.29 is 10.7 Å². The minimum atomic E-state index is 0.137. The third-order valence-electron chi connectivity index (χ3n) is 2.68. The third-order valence-corrected chi connectivity index (χ3v) is 2.68. The Labute approximate surface area is 104 Å². The molecule has 17 heavy (non-hydrogen) atoms. The Morgan fingerprint density at radius 2 is 2.18 bits per heavy atom. The van der Waals surface area contributed by atoms with Crippen LogP contribution < -0.4 is 10.6 Å². The second-order valence-electron chi connectivity index (χ2n) is 3.97. The summed E-state index contributed by atoms with van der Waals surface area (Å²) in [6, 6.07) is 9.98. The van der Waals surface area contributed by atoms with E-state index < -0.39 is 0 Å². The van der Waals surface area contributed by atoms with Crippen molar-refractivity contribution >= 4 is 17.4 Å². The summed E-state index contributed by atoms with van der Waals surface area (Å²) in [5.41, 5.74) is 7.09. The van der Waals surface area contributed by atoms with Gasteiger partial charge in [-0.15, -0.1) is 0 Å². The van der Waals surface area contributed by atoms with Crippen molar-refractivity contribution in [1.82, 2.24) is 0 Å². The van der Waals surface area contributed by atoms with Gasteiger partial charge in [-0.2, -0.15) is 0 Å². The Bertz CT molecular complexity index is 431. The van der Waals surface area contributed by atoms with Crippen molar-refractivity contribution in [3.05, 3.63) is 30.3 Å². The number of ketones is 1. The molecule has 0 aliphatic carbocycles. The van der Waals surface area contributed by atoms with Gasteiger partial charge >= 0.3 is 5.96 Å². The van der Waals surface area contributed by atoms with Gasteiger partial charge in [-0.3, -0.25) is 15.1 Å². The standard InChI is InChI=1S/C12H15N3O.CH4/c1-10(16)9-14-7-8-15(12(14)13)11-5-3-2-4-6-11;/h2-6,13H,7-9H2,1H3;1H4/p+1/i;1T. The lowest BCUT2D eigenvalue weighted by atomic mass is 10.3. The van der Waals surface area contributed by atoms with Crippen LogP contribution in [0.2, 0.25) is 0 Å². The Morgan fingerprint density at radius 1 is 1.53 bits per heavy atom. The minimum absolute atomic E-state index is 0.137. The summed E-state index contributed by atoms with van der Waals surface area (Å²) in [5, 5.41) is 0. The summed E-state index contributed by atoms with van der Waals surface area (Å²) >= 11 is 0. The number of hydrogen-bond acceptors (Lipinski definition) is 3. The van der Waals surface area contributed by atoms with Gasteiger partial charge < -0.3 is 0 Å². The molecule has 0 bridgehead atoms. The molecule has 0 unspecified atom stereocenters. The average Bonchev–Trinajstić information content (AvgIpc) is 2.74. The highest BCUT2D eigenvalue weighted by Crippen LogP contribution is 2.14. The van der Waals surface area contributed by atoms with Crippen molar-refractivity contribution in [2.45, 2.75) is 14.3 Å². The van der Waals surface area contributed by atoms with Crippen LogP contribution in [0.15, 0.2) is 30.3 Å². The Kier molecular flexibility index (Phi) is 3.75. The summed E-state index contributed by atoms with van der Waals surface area (Å²) in [4.78, 5) is 13.1. The van der Waals surface area contributed by atoms with Gasteiger partial charge in [0, 0.05) is 1.37 Å². The number of rotatable bonds is 3. The number of guanidine groups is 1. The fourth-order valence-electron chi connectivity index (χ4n) is 1.92. The molecule has 0 fully saturated rings. The van der Waals surface area contributed by atoms with Crippen LogP contribution in [0, 0.1) is 0 Å². The molecule has 0 aromatic heterocycles. The zero-order chi connectivity index (χ0) is 13.5. The molecule has 2 rings (SSSR count). The second-order valence-corrected chi connectivity index (χ2v) is 3.97. The lowest BCUT2D eigenvalue weighted by Gasteiger charge is -2.10. The van der Waals surface area contributed by atoms with Gasteiger partial charge in [0.15, 0.2) is 5.78 Å². The maximum atomic E-state index is 11.1. The number of anilines is 1. The van der Waals surface area contributed by atoms with Crippen LogP contribution in [0.5, 0.6) is 0 Å². The molecular weight excluding hydrogens is 214 g/mol. The first-order chi connectivity index (χ1) is 8.68. The van der Waals surface area contributed by atoms with Gasteiger partial charge in [0.25, 0.3) is 0 Å². The van der Waals surface area contributed by atoms with Crippen LogP contribution in [0.3, 0.4) is 0 Å². The molecule has 0 amide bonds. The van der Waals surface area contributed by atoms with Crippen molar-refractivity contribution in [2.24, 2.45) is 5.73 Å². The molecule has 1 aliphatic rings. The van der Waals surface area contributed by atoms with Gasteiger partial charge in [-0.25, -0.2) is 4.90 Å². The zero-order valence-corrected chi connectivity index (χ0v) is 10.4.